The Balaban J connectivity index is 2.94. The fourth-order valence-electron chi connectivity index (χ4n) is 1.51. The van der Waals surface area contributed by atoms with Crippen LogP contribution in [0.5, 0.6) is 0 Å². The van der Waals surface area contributed by atoms with Crippen molar-refractivity contribution in [1.29, 1.82) is 0 Å². The van der Waals surface area contributed by atoms with Gasteiger partial charge >= 0.3 is 11.9 Å². The maximum absolute atomic E-state index is 11.9. The van der Waals surface area contributed by atoms with Crippen LogP contribution in [0, 0.1) is 0 Å². The third-order valence-electron chi connectivity index (χ3n) is 2.77. The number of carboxylic acid groups (broad SMARTS) is 1. The van der Waals surface area contributed by atoms with E-state index in [1.807, 2.05) is 4.72 Å². The molecule has 0 bridgehead atoms. The van der Waals surface area contributed by atoms with Crippen LogP contribution >= 0.6 is 0 Å². The van der Waals surface area contributed by atoms with Gasteiger partial charge in [0.2, 0.25) is 10.0 Å². The number of nitrogens with one attached hydrogen (secondary N) is 1. The first-order valence-electron chi connectivity index (χ1n) is 5.17. The Hall–Kier alpha value is -1.19. The fraction of sp³-hybridized carbons (Fsp3) is 0.778. The molecule has 0 aromatic carbocycles. The Labute approximate surface area is 104 Å². The van der Waals surface area contributed by atoms with Gasteiger partial charge in [-0.05, 0) is 6.92 Å². The maximum Gasteiger partial charge on any atom is 0.327 e. The highest BCUT2D eigenvalue weighted by Gasteiger charge is 2.47. The van der Waals surface area contributed by atoms with Gasteiger partial charge in [0.25, 0.3) is 0 Å². The van der Waals surface area contributed by atoms with Crippen molar-refractivity contribution in [3.05, 3.63) is 0 Å². The van der Waals surface area contributed by atoms with Gasteiger partial charge in [-0.1, -0.05) is 0 Å². The zero-order valence-electron chi connectivity index (χ0n) is 10.0. The molecule has 0 radical (unpaired) electrons. The third-order valence-corrected chi connectivity index (χ3v) is 4.57. The average Bonchev–Trinajstić information content (AvgIpc) is 2.76. The lowest BCUT2D eigenvalue weighted by Gasteiger charge is -2.24. The summed E-state index contributed by atoms with van der Waals surface area (Å²) in [5.41, 5.74) is -1.71. The van der Waals surface area contributed by atoms with Crippen LogP contribution in [-0.4, -0.2) is 56.6 Å². The summed E-state index contributed by atoms with van der Waals surface area (Å²) in [4.78, 5) is 22.3. The van der Waals surface area contributed by atoms with Crippen LogP contribution in [0.15, 0.2) is 0 Å². The molecule has 18 heavy (non-hydrogen) atoms. The Bertz CT molecular complexity index is 438. The quantitative estimate of drug-likeness (QED) is 0.602. The number of hydrogen-bond acceptors (Lipinski definition) is 6. The smallest absolute Gasteiger partial charge is 0.327 e. The lowest BCUT2D eigenvalue weighted by molar-refractivity contribution is -0.144. The Morgan fingerprint density at radius 3 is 2.50 bits per heavy atom. The second-order valence-corrected chi connectivity index (χ2v) is 6.00. The van der Waals surface area contributed by atoms with Crippen LogP contribution < -0.4 is 4.72 Å². The molecule has 1 heterocycles. The number of hydrogen-bond donors (Lipinski definition) is 2. The minimum atomic E-state index is -4.14. The molecule has 1 aliphatic heterocycles. The zero-order chi connectivity index (χ0) is 14.0. The number of esters is 1. The molecule has 2 unspecified atom stereocenters. The Morgan fingerprint density at radius 2 is 2.11 bits per heavy atom. The molecule has 2 atom stereocenters. The van der Waals surface area contributed by atoms with Crippen molar-refractivity contribution in [2.45, 2.75) is 24.1 Å². The molecule has 104 valence electrons. The van der Waals surface area contributed by atoms with Crippen LogP contribution in [0.2, 0.25) is 0 Å². The highest BCUT2D eigenvalue weighted by atomic mass is 32.2. The van der Waals surface area contributed by atoms with E-state index >= 15 is 0 Å². The molecular formula is C9H15NO7S. The van der Waals surface area contributed by atoms with Gasteiger partial charge < -0.3 is 14.6 Å². The summed E-state index contributed by atoms with van der Waals surface area (Å²) in [6, 6.07) is 0. The summed E-state index contributed by atoms with van der Waals surface area (Å²) in [6.45, 7) is 0.996. The number of carbonyl (C=O) groups excluding carboxylic acids is 1. The van der Waals surface area contributed by atoms with Gasteiger partial charge in [-0.25, -0.2) is 8.42 Å². The number of carboxylic acids is 1. The topological polar surface area (TPSA) is 119 Å². The minimum Gasteiger partial charge on any atom is -0.480 e. The molecule has 0 spiro atoms. The summed E-state index contributed by atoms with van der Waals surface area (Å²) in [5.74, 6) is -2.29. The summed E-state index contributed by atoms with van der Waals surface area (Å²) in [5, 5.41) is 7.59. The number of sulfonamides is 1. The van der Waals surface area contributed by atoms with Gasteiger partial charge in [-0.3, -0.25) is 9.59 Å². The molecule has 1 saturated heterocycles. The number of rotatable bonds is 5. The maximum atomic E-state index is 11.9. The van der Waals surface area contributed by atoms with Crippen LogP contribution in [0.25, 0.3) is 0 Å². The van der Waals surface area contributed by atoms with E-state index in [2.05, 4.69) is 4.74 Å². The predicted octanol–water partition coefficient (Wildman–Crippen LogP) is -1.29. The number of methoxy groups -OCH3 is 1. The molecule has 1 fully saturated rings. The summed E-state index contributed by atoms with van der Waals surface area (Å²) >= 11 is 0. The SMILES string of the molecule is COC(=O)C(C)S(=O)(=O)NC1(C(=O)O)CCOC1. The largest absolute Gasteiger partial charge is 0.480 e. The predicted molar refractivity (Wildman–Crippen MR) is 59.3 cm³/mol. The first-order valence-corrected chi connectivity index (χ1v) is 6.71. The van der Waals surface area contributed by atoms with Gasteiger partial charge in [0.15, 0.2) is 10.8 Å². The number of carbonyl (C=O) groups is 2. The molecule has 8 nitrogen and oxygen atoms in total. The third kappa shape index (κ3) is 2.79. The van der Waals surface area contributed by atoms with E-state index in [4.69, 9.17) is 9.84 Å². The van der Waals surface area contributed by atoms with Crippen LogP contribution in [-0.2, 0) is 29.1 Å². The average molecular weight is 281 g/mol. The molecule has 0 aromatic rings. The van der Waals surface area contributed by atoms with Crippen LogP contribution in [0.1, 0.15) is 13.3 Å². The molecule has 1 rings (SSSR count). The lowest BCUT2D eigenvalue weighted by Crippen LogP contribution is -2.57. The van der Waals surface area contributed by atoms with E-state index in [0.29, 0.717) is 0 Å². The molecule has 9 heteroatoms. The molecule has 0 saturated carbocycles. The molecule has 2 N–H and O–H groups in total. The van der Waals surface area contributed by atoms with Crippen LogP contribution in [0.3, 0.4) is 0 Å². The molecule has 0 amide bonds. The molecular weight excluding hydrogens is 266 g/mol. The van der Waals surface area contributed by atoms with Crippen molar-refractivity contribution in [3.8, 4) is 0 Å². The van der Waals surface area contributed by atoms with E-state index in [1.54, 1.807) is 0 Å². The van der Waals surface area contributed by atoms with Crippen molar-refractivity contribution >= 4 is 22.0 Å². The van der Waals surface area contributed by atoms with E-state index in [9.17, 15) is 18.0 Å². The van der Waals surface area contributed by atoms with Crippen molar-refractivity contribution < 1.29 is 32.6 Å². The minimum absolute atomic E-state index is 0.00938. The monoisotopic (exact) mass is 281 g/mol. The first-order chi connectivity index (χ1) is 8.25. The normalized spacial score (nSPS) is 25.7. The van der Waals surface area contributed by atoms with E-state index in [0.717, 1.165) is 14.0 Å². The molecule has 1 aliphatic rings. The summed E-state index contributed by atoms with van der Waals surface area (Å²) in [6.07, 6.45) is 0.00938. The van der Waals surface area contributed by atoms with Crippen molar-refractivity contribution in [2.75, 3.05) is 20.3 Å². The lowest BCUT2D eigenvalue weighted by atomic mass is 10.0. The summed E-state index contributed by atoms with van der Waals surface area (Å²) in [7, 11) is -3.09. The zero-order valence-corrected chi connectivity index (χ0v) is 10.8. The van der Waals surface area contributed by atoms with Crippen LogP contribution in [0.4, 0.5) is 0 Å². The Kier molecular flexibility index (Phi) is 4.30. The van der Waals surface area contributed by atoms with Gasteiger partial charge in [0, 0.05) is 13.0 Å². The van der Waals surface area contributed by atoms with Gasteiger partial charge in [0.1, 0.15) is 0 Å². The first kappa shape index (κ1) is 14.9. The standard InChI is InChI=1S/C9H15NO7S/c1-6(7(11)16-2)18(14,15)10-9(8(12)13)3-4-17-5-9/h6,10H,3-5H2,1-2H3,(H,12,13). The number of ether oxygens (including phenoxy) is 2. The van der Waals surface area contributed by atoms with Crippen molar-refractivity contribution in [2.24, 2.45) is 0 Å². The highest BCUT2D eigenvalue weighted by molar-refractivity contribution is 7.90. The van der Waals surface area contributed by atoms with Gasteiger partial charge in [0.05, 0.1) is 13.7 Å². The van der Waals surface area contributed by atoms with E-state index in [-0.39, 0.29) is 19.6 Å². The van der Waals surface area contributed by atoms with Crippen molar-refractivity contribution in [1.82, 2.24) is 4.72 Å². The Morgan fingerprint density at radius 1 is 1.50 bits per heavy atom. The number of aliphatic carboxylic acids is 1. The van der Waals surface area contributed by atoms with Gasteiger partial charge in [-0.15, -0.1) is 0 Å². The molecule has 0 aliphatic carbocycles. The fourth-order valence-corrected chi connectivity index (χ4v) is 2.83. The van der Waals surface area contributed by atoms with Crippen molar-refractivity contribution in [3.63, 3.8) is 0 Å². The molecule has 0 aromatic heterocycles. The second kappa shape index (κ2) is 5.21. The van der Waals surface area contributed by atoms with E-state index in [1.165, 1.54) is 0 Å². The highest BCUT2D eigenvalue weighted by Crippen LogP contribution is 2.21. The second-order valence-electron chi connectivity index (χ2n) is 4.00. The van der Waals surface area contributed by atoms with E-state index < -0.39 is 32.8 Å². The summed E-state index contributed by atoms with van der Waals surface area (Å²) < 4.78 is 35.0. The van der Waals surface area contributed by atoms with Gasteiger partial charge in [-0.2, -0.15) is 4.72 Å².